The van der Waals surface area contributed by atoms with Crippen LogP contribution < -0.4 is 5.73 Å². The first kappa shape index (κ1) is 13.8. The molecule has 0 amide bonds. The van der Waals surface area contributed by atoms with E-state index in [9.17, 15) is 4.39 Å². The third kappa shape index (κ3) is 3.06. The Labute approximate surface area is 114 Å². The van der Waals surface area contributed by atoms with Gasteiger partial charge in [0, 0.05) is 6.54 Å². The zero-order valence-corrected chi connectivity index (χ0v) is 11.9. The number of guanidine groups is 1. The lowest BCUT2D eigenvalue weighted by Gasteiger charge is -2.37. The molecule has 3 nitrogen and oxygen atoms in total. The van der Waals surface area contributed by atoms with Crippen LogP contribution in [0.5, 0.6) is 0 Å². The number of nitrogens with zero attached hydrogens (tertiary/aromatic N) is 2. The van der Waals surface area contributed by atoms with Gasteiger partial charge in [0.05, 0.1) is 12.1 Å². The van der Waals surface area contributed by atoms with Crippen LogP contribution in [0.3, 0.4) is 0 Å². The first-order valence-electron chi connectivity index (χ1n) is 6.73. The summed E-state index contributed by atoms with van der Waals surface area (Å²) >= 11 is 0. The molecular formula is C15H22FN3. The van der Waals surface area contributed by atoms with Gasteiger partial charge in [0.15, 0.2) is 5.96 Å². The molecule has 1 aromatic rings. The Morgan fingerprint density at radius 3 is 2.58 bits per heavy atom. The Bertz CT molecular complexity index is 467. The highest BCUT2D eigenvalue weighted by atomic mass is 19.1. The molecule has 1 heterocycles. The van der Waals surface area contributed by atoms with Crippen molar-refractivity contribution in [1.29, 1.82) is 0 Å². The monoisotopic (exact) mass is 263 g/mol. The molecule has 1 aromatic carbocycles. The second kappa shape index (κ2) is 5.19. The highest BCUT2D eigenvalue weighted by molar-refractivity contribution is 5.81. The van der Waals surface area contributed by atoms with Crippen LogP contribution in [0.25, 0.3) is 0 Å². The molecule has 0 aromatic heterocycles. The highest BCUT2D eigenvalue weighted by Gasteiger charge is 2.38. The van der Waals surface area contributed by atoms with Crippen LogP contribution in [0.1, 0.15) is 26.3 Å². The molecule has 1 atom stereocenters. The van der Waals surface area contributed by atoms with Gasteiger partial charge in [-0.25, -0.2) is 4.39 Å². The van der Waals surface area contributed by atoms with E-state index in [4.69, 9.17) is 5.73 Å². The molecule has 0 saturated carbocycles. The lowest BCUT2D eigenvalue weighted by atomic mass is 9.91. The standard InChI is InChI=1S/C15H22FN3/c1-11(2)9-19-14(17)18-10-15(19,3)8-12-4-6-13(16)7-5-12/h4-7,11H,8-10H2,1-3H3,(H2,17,18). The summed E-state index contributed by atoms with van der Waals surface area (Å²) in [6.45, 7) is 8.10. The summed E-state index contributed by atoms with van der Waals surface area (Å²) in [5.41, 5.74) is 7.01. The molecule has 2 N–H and O–H groups in total. The zero-order chi connectivity index (χ0) is 14.0. The molecule has 104 valence electrons. The maximum absolute atomic E-state index is 13.0. The van der Waals surface area contributed by atoms with Crippen LogP contribution in [-0.2, 0) is 6.42 Å². The van der Waals surface area contributed by atoms with Crippen LogP contribution in [0.4, 0.5) is 4.39 Å². The first-order valence-corrected chi connectivity index (χ1v) is 6.73. The van der Waals surface area contributed by atoms with E-state index in [0.717, 1.165) is 18.5 Å². The molecule has 0 bridgehead atoms. The molecule has 4 heteroatoms. The smallest absolute Gasteiger partial charge is 0.191 e. The first-order chi connectivity index (χ1) is 8.90. The largest absolute Gasteiger partial charge is 0.370 e. The van der Waals surface area contributed by atoms with Gasteiger partial charge in [0.2, 0.25) is 0 Å². The average Bonchev–Trinajstić information content (AvgIpc) is 2.60. The summed E-state index contributed by atoms with van der Waals surface area (Å²) in [5, 5.41) is 0. The number of aliphatic imine (C=N–C) groups is 1. The molecule has 0 radical (unpaired) electrons. The van der Waals surface area contributed by atoms with Crippen molar-refractivity contribution in [2.45, 2.75) is 32.7 Å². The van der Waals surface area contributed by atoms with Gasteiger partial charge < -0.3 is 10.6 Å². The molecule has 1 aliphatic heterocycles. The Morgan fingerprint density at radius 1 is 1.37 bits per heavy atom. The quantitative estimate of drug-likeness (QED) is 0.906. The third-order valence-electron chi connectivity index (χ3n) is 3.56. The number of halogens is 1. The average molecular weight is 263 g/mol. The van der Waals surface area contributed by atoms with Crippen molar-refractivity contribution in [3.05, 3.63) is 35.6 Å². The fourth-order valence-electron chi connectivity index (χ4n) is 2.57. The van der Waals surface area contributed by atoms with Gasteiger partial charge in [0.25, 0.3) is 0 Å². The van der Waals surface area contributed by atoms with Crippen LogP contribution in [0, 0.1) is 11.7 Å². The summed E-state index contributed by atoms with van der Waals surface area (Å²) in [6.07, 6.45) is 0.824. The fourth-order valence-corrected chi connectivity index (χ4v) is 2.57. The van der Waals surface area contributed by atoms with E-state index in [1.807, 2.05) is 12.1 Å². The van der Waals surface area contributed by atoms with Crippen LogP contribution in [0.2, 0.25) is 0 Å². The Hall–Kier alpha value is -1.58. The zero-order valence-electron chi connectivity index (χ0n) is 11.9. The van der Waals surface area contributed by atoms with E-state index in [-0.39, 0.29) is 11.4 Å². The minimum absolute atomic E-state index is 0.105. The Morgan fingerprint density at radius 2 is 2.00 bits per heavy atom. The van der Waals surface area contributed by atoms with Crippen molar-refractivity contribution in [3.8, 4) is 0 Å². The molecule has 0 aliphatic carbocycles. The maximum atomic E-state index is 13.0. The van der Waals surface area contributed by atoms with Gasteiger partial charge in [-0.2, -0.15) is 0 Å². The minimum Gasteiger partial charge on any atom is -0.370 e. The van der Waals surface area contributed by atoms with Crippen molar-refractivity contribution < 1.29 is 4.39 Å². The summed E-state index contributed by atoms with van der Waals surface area (Å²) in [5.74, 6) is 0.952. The third-order valence-corrected chi connectivity index (χ3v) is 3.56. The number of hydrogen-bond donors (Lipinski definition) is 1. The topological polar surface area (TPSA) is 41.6 Å². The van der Waals surface area contributed by atoms with Crippen molar-refractivity contribution in [1.82, 2.24) is 4.90 Å². The predicted molar refractivity (Wildman–Crippen MR) is 76.5 cm³/mol. The van der Waals surface area contributed by atoms with E-state index in [0.29, 0.717) is 18.4 Å². The molecular weight excluding hydrogens is 241 g/mol. The predicted octanol–water partition coefficient (Wildman–Crippen LogP) is 2.41. The maximum Gasteiger partial charge on any atom is 0.191 e. The normalized spacial score (nSPS) is 23.0. The Balaban J connectivity index is 2.15. The van der Waals surface area contributed by atoms with Crippen molar-refractivity contribution in [2.24, 2.45) is 16.6 Å². The van der Waals surface area contributed by atoms with Crippen LogP contribution in [-0.4, -0.2) is 29.5 Å². The number of benzene rings is 1. The van der Waals surface area contributed by atoms with E-state index >= 15 is 0 Å². The van der Waals surface area contributed by atoms with Gasteiger partial charge in [-0.15, -0.1) is 0 Å². The van der Waals surface area contributed by atoms with Gasteiger partial charge in [-0.1, -0.05) is 26.0 Å². The summed E-state index contributed by atoms with van der Waals surface area (Å²) in [6, 6.07) is 6.68. The molecule has 2 rings (SSSR count). The highest BCUT2D eigenvalue weighted by Crippen LogP contribution is 2.27. The fraction of sp³-hybridized carbons (Fsp3) is 0.533. The van der Waals surface area contributed by atoms with E-state index < -0.39 is 0 Å². The minimum atomic E-state index is -0.199. The molecule has 1 aliphatic rings. The van der Waals surface area contributed by atoms with Gasteiger partial charge in [0.1, 0.15) is 5.82 Å². The molecule has 0 fully saturated rings. The number of nitrogens with two attached hydrogens (primary N) is 1. The summed E-state index contributed by atoms with van der Waals surface area (Å²) < 4.78 is 13.0. The number of hydrogen-bond acceptors (Lipinski definition) is 3. The van der Waals surface area contributed by atoms with Gasteiger partial charge in [-0.05, 0) is 37.0 Å². The van der Waals surface area contributed by atoms with Gasteiger partial charge in [-0.3, -0.25) is 4.99 Å². The van der Waals surface area contributed by atoms with Crippen molar-refractivity contribution in [2.75, 3.05) is 13.1 Å². The SMILES string of the molecule is CC(C)CN1C(N)=NCC1(C)Cc1ccc(F)cc1. The van der Waals surface area contributed by atoms with Crippen molar-refractivity contribution >= 4 is 5.96 Å². The summed E-state index contributed by atoms with van der Waals surface area (Å²) in [7, 11) is 0. The molecule has 19 heavy (non-hydrogen) atoms. The second-order valence-corrected chi connectivity index (χ2v) is 5.98. The molecule has 1 unspecified atom stereocenters. The van der Waals surface area contributed by atoms with E-state index in [1.165, 1.54) is 12.1 Å². The van der Waals surface area contributed by atoms with Crippen LogP contribution in [0.15, 0.2) is 29.3 Å². The van der Waals surface area contributed by atoms with Gasteiger partial charge >= 0.3 is 0 Å². The second-order valence-electron chi connectivity index (χ2n) is 5.98. The molecule has 0 spiro atoms. The Kier molecular flexibility index (Phi) is 3.78. The summed E-state index contributed by atoms with van der Waals surface area (Å²) in [4.78, 5) is 6.57. The van der Waals surface area contributed by atoms with Crippen LogP contribution >= 0.6 is 0 Å². The molecule has 0 saturated heterocycles. The van der Waals surface area contributed by atoms with E-state index in [2.05, 4.69) is 30.7 Å². The number of rotatable bonds is 4. The lowest BCUT2D eigenvalue weighted by molar-refractivity contribution is 0.201. The lowest BCUT2D eigenvalue weighted by Crippen LogP contribution is -2.52. The van der Waals surface area contributed by atoms with E-state index in [1.54, 1.807) is 0 Å². The van der Waals surface area contributed by atoms with Crippen molar-refractivity contribution in [3.63, 3.8) is 0 Å².